The Morgan fingerprint density at radius 3 is 2.56 bits per heavy atom. The lowest BCUT2D eigenvalue weighted by Gasteiger charge is -2.27. The molecule has 0 aromatic heterocycles. The molecule has 11 nitrogen and oxygen atoms in total. The van der Waals surface area contributed by atoms with Crippen LogP contribution < -0.4 is 5.73 Å². The van der Waals surface area contributed by atoms with Gasteiger partial charge in [-0.25, -0.2) is 8.98 Å². The molecule has 12 heteroatoms. The molecule has 27 heavy (non-hydrogen) atoms. The average Bonchev–Trinajstić information content (AvgIpc) is 2.78. The van der Waals surface area contributed by atoms with Gasteiger partial charge in [-0.05, 0) is 33.3 Å². The molecule has 152 valence electrons. The standard InChI is InChI=1S/C15H23N3O8S/c1-5-24-13(20)15(3,4)8-25-27(22,23)26-18-10-6-9(2)11(12(16)19)17(7-10)14(18)21/h6,10-11H,5,7-8H2,1-4H3,(H2,16,19)/t10-,11+/m1/s1. The van der Waals surface area contributed by atoms with E-state index in [4.69, 9.17) is 18.9 Å². The number of ether oxygens (including phenoxy) is 1. The Kier molecular flexibility index (Phi) is 5.82. The number of hydroxylamine groups is 2. The Morgan fingerprint density at radius 2 is 2.00 bits per heavy atom. The van der Waals surface area contributed by atoms with Crippen molar-refractivity contribution in [2.45, 2.75) is 39.8 Å². The molecule has 2 atom stereocenters. The van der Waals surface area contributed by atoms with Crippen LogP contribution in [-0.2, 0) is 33.2 Å². The number of amides is 3. The van der Waals surface area contributed by atoms with Gasteiger partial charge in [0.1, 0.15) is 6.04 Å². The number of carbonyl (C=O) groups excluding carboxylic acids is 3. The SMILES string of the molecule is CCOC(=O)C(C)(C)COS(=O)(=O)ON1C(=O)N2C[C@H]1C=C(C)[C@H]2C(N)=O. The Bertz CT molecular complexity index is 776. The third-order valence-corrected chi connectivity index (χ3v) is 4.90. The first kappa shape index (κ1) is 21.1. The van der Waals surface area contributed by atoms with Crippen LogP contribution in [-0.4, -0.2) is 68.1 Å². The van der Waals surface area contributed by atoms with Gasteiger partial charge in [0.2, 0.25) is 5.91 Å². The molecular weight excluding hydrogens is 382 g/mol. The van der Waals surface area contributed by atoms with Gasteiger partial charge >= 0.3 is 22.4 Å². The first-order valence-electron chi connectivity index (χ1n) is 8.23. The number of fused-ring (bicyclic) bond motifs is 2. The maximum Gasteiger partial charge on any atom is 0.421 e. The smallest absolute Gasteiger partial charge is 0.421 e. The number of esters is 1. The largest absolute Gasteiger partial charge is 0.466 e. The molecule has 3 amide bonds. The van der Waals surface area contributed by atoms with E-state index in [1.807, 2.05) is 0 Å². The van der Waals surface area contributed by atoms with Crippen LogP contribution in [0.2, 0.25) is 0 Å². The molecule has 2 N–H and O–H groups in total. The summed E-state index contributed by atoms with van der Waals surface area (Å²) in [6.45, 7) is 5.77. The number of urea groups is 1. The molecule has 0 aliphatic carbocycles. The van der Waals surface area contributed by atoms with Crippen LogP contribution in [0.15, 0.2) is 11.6 Å². The maximum absolute atomic E-state index is 12.4. The van der Waals surface area contributed by atoms with Crippen molar-refractivity contribution < 1.29 is 36.0 Å². The van der Waals surface area contributed by atoms with Gasteiger partial charge in [0.05, 0.1) is 31.2 Å². The lowest BCUT2D eigenvalue weighted by atomic mass is 9.95. The topological polar surface area (TPSA) is 146 Å². The fraction of sp³-hybridized carbons (Fsp3) is 0.667. The first-order chi connectivity index (χ1) is 12.4. The monoisotopic (exact) mass is 405 g/mol. The van der Waals surface area contributed by atoms with Crippen molar-refractivity contribution in [3.8, 4) is 0 Å². The molecule has 2 aliphatic rings. The van der Waals surface area contributed by atoms with Gasteiger partial charge in [0, 0.05) is 0 Å². The zero-order chi connectivity index (χ0) is 20.6. The van der Waals surface area contributed by atoms with E-state index in [0.717, 1.165) is 4.90 Å². The molecule has 2 heterocycles. The van der Waals surface area contributed by atoms with Crippen LogP contribution in [0.5, 0.6) is 0 Å². The first-order valence-corrected chi connectivity index (χ1v) is 9.56. The van der Waals surface area contributed by atoms with E-state index in [1.54, 1.807) is 13.8 Å². The minimum Gasteiger partial charge on any atom is -0.466 e. The van der Waals surface area contributed by atoms with Gasteiger partial charge in [-0.15, -0.1) is 4.28 Å². The number of carbonyl (C=O) groups is 3. The van der Waals surface area contributed by atoms with Crippen LogP contribution in [0.3, 0.4) is 0 Å². The van der Waals surface area contributed by atoms with Crippen LogP contribution >= 0.6 is 0 Å². The third-order valence-electron chi connectivity index (χ3n) is 4.15. The second-order valence-electron chi connectivity index (χ2n) is 6.89. The second kappa shape index (κ2) is 7.44. The lowest BCUT2D eigenvalue weighted by Crippen LogP contribution is -2.48. The predicted molar refractivity (Wildman–Crippen MR) is 90.8 cm³/mol. The predicted octanol–water partition coefficient (Wildman–Crippen LogP) is -0.311. The van der Waals surface area contributed by atoms with Crippen LogP contribution in [0.25, 0.3) is 0 Å². The number of hydrogen-bond acceptors (Lipinski definition) is 8. The van der Waals surface area contributed by atoms with Crippen molar-refractivity contribution in [3.05, 3.63) is 11.6 Å². The summed E-state index contributed by atoms with van der Waals surface area (Å²) in [4.78, 5) is 36.9. The fourth-order valence-corrected chi connectivity index (χ4v) is 3.64. The molecular formula is C15H23N3O8S. The summed E-state index contributed by atoms with van der Waals surface area (Å²) in [5, 5.41) is 0.610. The Morgan fingerprint density at radius 1 is 1.37 bits per heavy atom. The minimum absolute atomic E-state index is 0.0492. The molecule has 2 bridgehead atoms. The fourth-order valence-electron chi connectivity index (χ4n) is 2.79. The molecule has 0 saturated carbocycles. The van der Waals surface area contributed by atoms with Gasteiger partial charge in [-0.1, -0.05) is 6.08 Å². The van der Waals surface area contributed by atoms with E-state index in [-0.39, 0.29) is 13.2 Å². The van der Waals surface area contributed by atoms with Crippen molar-refractivity contribution in [2.75, 3.05) is 19.8 Å². The molecule has 2 aliphatic heterocycles. The molecule has 0 aromatic carbocycles. The Labute approximate surface area is 157 Å². The van der Waals surface area contributed by atoms with Crippen molar-refractivity contribution in [1.29, 1.82) is 0 Å². The van der Waals surface area contributed by atoms with Gasteiger partial charge in [0.15, 0.2) is 0 Å². The summed E-state index contributed by atoms with van der Waals surface area (Å²) < 4.78 is 38.6. The molecule has 0 radical (unpaired) electrons. The number of nitrogens with two attached hydrogens (primary N) is 1. The highest BCUT2D eigenvalue weighted by Crippen LogP contribution is 2.30. The molecule has 1 fully saturated rings. The normalized spacial score (nSPS) is 22.7. The summed E-state index contributed by atoms with van der Waals surface area (Å²) in [5.74, 6) is -1.37. The number of nitrogens with zero attached hydrogens (tertiary/aromatic N) is 2. The summed E-state index contributed by atoms with van der Waals surface area (Å²) in [6, 6.07) is -2.51. The minimum atomic E-state index is -4.65. The number of primary amides is 1. The Hall–Kier alpha value is -2.18. The second-order valence-corrected chi connectivity index (χ2v) is 8.09. The van der Waals surface area contributed by atoms with Crippen molar-refractivity contribution in [2.24, 2.45) is 11.1 Å². The summed E-state index contributed by atoms with van der Waals surface area (Å²) in [6.07, 6.45) is 1.54. The summed E-state index contributed by atoms with van der Waals surface area (Å²) in [5.41, 5.74) is 4.58. The average molecular weight is 405 g/mol. The third kappa shape index (κ3) is 4.39. The van der Waals surface area contributed by atoms with E-state index >= 15 is 0 Å². The maximum atomic E-state index is 12.4. The van der Waals surface area contributed by atoms with E-state index < -0.39 is 52.4 Å². The lowest BCUT2D eigenvalue weighted by molar-refractivity contribution is -0.155. The molecule has 0 unspecified atom stereocenters. The van der Waals surface area contributed by atoms with Crippen molar-refractivity contribution in [3.63, 3.8) is 0 Å². The quantitative estimate of drug-likeness (QED) is 0.427. The molecule has 0 aromatic rings. The highest BCUT2D eigenvalue weighted by molar-refractivity contribution is 7.81. The number of rotatable bonds is 8. The highest BCUT2D eigenvalue weighted by atomic mass is 32.3. The van der Waals surface area contributed by atoms with E-state index in [9.17, 15) is 22.8 Å². The molecule has 0 spiro atoms. The van der Waals surface area contributed by atoms with E-state index in [1.165, 1.54) is 19.9 Å². The zero-order valence-electron chi connectivity index (χ0n) is 15.5. The molecule has 1 saturated heterocycles. The van der Waals surface area contributed by atoms with Crippen LogP contribution in [0, 0.1) is 5.41 Å². The zero-order valence-corrected chi connectivity index (χ0v) is 16.3. The van der Waals surface area contributed by atoms with E-state index in [2.05, 4.69) is 0 Å². The summed E-state index contributed by atoms with van der Waals surface area (Å²) in [7, 11) is -4.65. The number of hydrogen-bond donors (Lipinski definition) is 1. The van der Waals surface area contributed by atoms with Crippen molar-refractivity contribution in [1.82, 2.24) is 9.96 Å². The van der Waals surface area contributed by atoms with Gasteiger partial charge in [0.25, 0.3) is 0 Å². The van der Waals surface area contributed by atoms with Crippen LogP contribution in [0.1, 0.15) is 27.7 Å². The van der Waals surface area contributed by atoms with Crippen LogP contribution in [0.4, 0.5) is 4.79 Å². The Balaban J connectivity index is 2.07. The van der Waals surface area contributed by atoms with Crippen molar-refractivity contribution >= 4 is 28.3 Å². The van der Waals surface area contributed by atoms with Gasteiger partial charge in [-0.2, -0.15) is 13.5 Å². The molecule has 2 rings (SSSR count). The van der Waals surface area contributed by atoms with Gasteiger partial charge in [-0.3, -0.25) is 9.59 Å². The summed E-state index contributed by atoms with van der Waals surface area (Å²) >= 11 is 0. The highest BCUT2D eigenvalue weighted by Gasteiger charge is 2.48. The van der Waals surface area contributed by atoms with E-state index in [0.29, 0.717) is 10.6 Å². The van der Waals surface area contributed by atoms with Gasteiger partial charge < -0.3 is 15.4 Å².